The van der Waals surface area contributed by atoms with Gasteiger partial charge in [0.15, 0.2) is 5.82 Å². The average Bonchev–Trinajstić information content (AvgIpc) is 3.36. The van der Waals surface area contributed by atoms with Gasteiger partial charge in [0.2, 0.25) is 0 Å². The van der Waals surface area contributed by atoms with Gasteiger partial charge in [-0.3, -0.25) is 0 Å². The second kappa shape index (κ2) is 8.89. The lowest BCUT2D eigenvalue weighted by Gasteiger charge is -2.09. The molecule has 0 unspecified atom stereocenters. The third-order valence-corrected chi connectivity index (χ3v) is 6.84. The standard InChI is InChI=1S/C34H23N3/c1-3-10-23(11-4-1)24-18-20-25(21-19-24)27-14-9-15-28(22-27)34-36-31(26-12-5-2-6-13-26)33-32(37-34)29-16-7-8-17-30(29)35-33/h1-22,35H. The van der Waals surface area contributed by atoms with Crippen LogP contribution in [0.4, 0.5) is 0 Å². The quantitative estimate of drug-likeness (QED) is 0.277. The van der Waals surface area contributed by atoms with Crippen LogP contribution >= 0.6 is 0 Å². The molecule has 0 aliphatic heterocycles. The lowest BCUT2D eigenvalue weighted by atomic mass is 9.99. The molecule has 3 nitrogen and oxygen atoms in total. The van der Waals surface area contributed by atoms with Crippen LogP contribution in [-0.4, -0.2) is 15.0 Å². The van der Waals surface area contributed by atoms with Crippen molar-refractivity contribution in [1.29, 1.82) is 0 Å². The van der Waals surface area contributed by atoms with Gasteiger partial charge in [-0.15, -0.1) is 0 Å². The Morgan fingerprint density at radius 3 is 1.76 bits per heavy atom. The molecule has 0 atom stereocenters. The van der Waals surface area contributed by atoms with Crippen LogP contribution in [0.1, 0.15) is 0 Å². The highest BCUT2D eigenvalue weighted by Crippen LogP contribution is 2.34. The Balaban J connectivity index is 1.35. The lowest BCUT2D eigenvalue weighted by Crippen LogP contribution is -1.94. The van der Waals surface area contributed by atoms with Gasteiger partial charge in [0.25, 0.3) is 0 Å². The minimum absolute atomic E-state index is 0.721. The maximum atomic E-state index is 5.08. The van der Waals surface area contributed by atoms with E-state index in [-0.39, 0.29) is 0 Å². The molecule has 0 amide bonds. The Morgan fingerprint density at radius 2 is 1.00 bits per heavy atom. The number of benzene rings is 5. The number of aromatic amines is 1. The summed E-state index contributed by atoms with van der Waals surface area (Å²) in [5.74, 6) is 0.721. The lowest BCUT2D eigenvalue weighted by molar-refractivity contribution is 1.23. The Bertz CT molecular complexity index is 1850. The predicted molar refractivity (Wildman–Crippen MR) is 153 cm³/mol. The highest BCUT2D eigenvalue weighted by Gasteiger charge is 2.16. The summed E-state index contributed by atoms with van der Waals surface area (Å²) in [5, 5.41) is 1.10. The van der Waals surface area contributed by atoms with Gasteiger partial charge in [-0.25, -0.2) is 9.97 Å². The summed E-state index contributed by atoms with van der Waals surface area (Å²) in [7, 11) is 0. The topological polar surface area (TPSA) is 41.6 Å². The minimum Gasteiger partial charge on any atom is -0.351 e. The first-order valence-corrected chi connectivity index (χ1v) is 12.4. The van der Waals surface area contributed by atoms with Crippen molar-refractivity contribution in [2.24, 2.45) is 0 Å². The smallest absolute Gasteiger partial charge is 0.160 e. The molecule has 5 aromatic carbocycles. The van der Waals surface area contributed by atoms with Crippen molar-refractivity contribution in [2.75, 3.05) is 0 Å². The zero-order valence-corrected chi connectivity index (χ0v) is 20.1. The Hall–Kier alpha value is -5.02. The number of nitrogens with zero attached hydrogens (tertiary/aromatic N) is 2. The second-order valence-corrected chi connectivity index (χ2v) is 9.18. The highest BCUT2D eigenvalue weighted by atomic mass is 14.9. The normalized spacial score (nSPS) is 11.2. The second-order valence-electron chi connectivity index (χ2n) is 9.18. The molecule has 0 saturated carbocycles. The van der Waals surface area contributed by atoms with Gasteiger partial charge in [0, 0.05) is 22.0 Å². The van der Waals surface area contributed by atoms with Gasteiger partial charge in [-0.1, -0.05) is 121 Å². The molecule has 0 saturated heterocycles. The van der Waals surface area contributed by atoms with Crippen molar-refractivity contribution >= 4 is 21.9 Å². The van der Waals surface area contributed by atoms with E-state index >= 15 is 0 Å². The summed E-state index contributed by atoms with van der Waals surface area (Å²) in [4.78, 5) is 13.7. The van der Waals surface area contributed by atoms with E-state index in [2.05, 4.69) is 108 Å². The van der Waals surface area contributed by atoms with Gasteiger partial charge in [-0.2, -0.15) is 0 Å². The van der Waals surface area contributed by atoms with Crippen LogP contribution in [-0.2, 0) is 0 Å². The van der Waals surface area contributed by atoms with E-state index in [9.17, 15) is 0 Å². The van der Waals surface area contributed by atoms with Gasteiger partial charge < -0.3 is 4.98 Å². The summed E-state index contributed by atoms with van der Waals surface area (Å²) in [5.41, 5.74) is 10.7. The van der Waals surface area contributed by atoms with E-state index in [0.29, 0.717) is 0 Å². The molecule has 2 heterocycles. The molecule has 0 aliphatic carbocycles. The van der Waals surface area contributed by atoms with Crippen molar-refractivity contribution in [2.45, 2.75) is 0 Å². The van der Waals surface area contributed by atoms with Crippen molar-refractivity contribution in [1.82, 2.24) is 15.0 Å². The molecule has 3 heteroatoms. The summed E-state index contributed by atoms with van der Waals surface area (Å²) in [6.45, 7) is 0. The van der Waals surface area contributed by atoms with Crippen molar-refractivity contribution in [3.8, 4) is 44.9 Å². The van der Waals surface area contributed by atoms with E-state index in [1.54, 1.807) is 0 Å². The van der Waals surface area contributed by atoms with Crippen LogP contribution in [0, 0.1) is 0 Å². The maximum absolute atomic E-state index is 5.08. The molecule has 7 rings (SSSR count). The molecular formula is C34H23N3. The number of hydrogen-bond donors (Lipinski definition) is 1. The molecule has 1 N–H and O–H groups in total. The fourth-order valence-corrected chi connectivity index (χ4v) is 4.96. The van der Waals surface area contributed by atoms with Crippen molar-refractivity contribution in [3.63, 3.8) is 0 Å². The van der Waals surface area contributed by atoms with Gasteiger partial charge in [-0.05, 0) is 34.4 Å². The SMILES string of the molecule is c1ccc(-c2ccc(-c3cccc(-c4nc(-c5ccccc5)c5[nH]c6ccccc6c5n4)c3)cc2)cc1. The first kappa shape index (κ1) is 21.3. The van der Waals surface area contributed by atoms with Crippen LogP contribution in [0.5, 0.6) is 0 Å². The molecule has 0 bridgehead atoms. The number of para-hydroxylation sites is 1. The van der Waals surface area contributed by atoms with E-state index in [1.165, 1.54) is 11.1 Å². The molecule has 2 aromatic heterocycles. The number of rotatable bonds is 4. The Morgan fingerprint density at radius 1 is 0.432 bits per heavy atom. The average molecular weight is 474 g/mol. The maximum Gasteiger partial charge on any atom is 0.160 e. The third-order valence-electron chi connectivity index (χ3n) is 6.84. The Labute approximate surface area is 215 Å². The predicted octanol–water partition coefficient (Wildman–Crippen LogP) is 8.78. The summed E-state index contributed by atoms with van der Waals surface area (Å²) < 4.78 is 0. The number of aromatic nitrogens is 3. The largest absolute Gasteiger partial charge is 0.351 e. The number of H-pyrrole nitrogens is 1. The van der Waals surface area contributed by atoms with E-state index in [0.717, 1.165) is 55.7 Å². The molecule has 174 valence electrons. The number of nitrogens with one attached hydrogen (secondary N) is 1. The first-order valence-electron chi connectivity index (χ1n) is 12.4. The minimum atomic E-state index is 0.721. The van der Waals surface area contributed by atoms with Crippen LogP contribution in [0.15, 0.2) is 133 Å². The molecule has 7 aromatic rings. The van der Waals surface area contributed by atoms with E-state index < -0.39 is 0 Å². The Kier molecular flexibility index (Phi) is 5.11. The molecule has 0 spiro atoms. The van der Waals surface area contributed by atoms with Crippen LogP contribution in [0.25, 0.3) is 66.8 Å². The van der Waals surface area contributed by atoms with Crippen molar-refractivity contribution < 1.29 is 0 Å². The molecule has 0 radical (unpaired) electrons. The third kappa shape index (κ3) is 3.87. The molecule has 37 heavy (non-hydrogen) atoms. The van der Waals surface area contributed by atoms with E-state index in [4.69, 9.17) is 9.97 Å². The van der Waals surface area contributed by atoms with Crippen LogP contribution in [0.2, 0.25) is 0 Å². The monoisotopic (exact) mass is 473 g/mol. The summed E-state index contributed by atoms with van der Waals surface area (Å²) in [6.07, 6.45) is 0. The highest BCUT2D eigenvalue weighted by molar-refractivity contribution is 6.09. The van der Waals surface area contributed by atoms with Crippen molar-refractivity contribution in [3.05, 3.63) is 133 Å². The van der Waals surface area contributed by atoms with Gasteiger partial charge in [0.1, 0.15) is 5.52 Å². The summed E-state index contributed by atoms with van der Waals surface area (Å²) in [6, 6.07) is 46.3. The molecule has 0 fully saturated rings. The summed E-state index contributed by atoms with van der Waals surface area (Å²) >= 11 is 0. The number of hydrogen-bond acceptors (Lipinski definition) is 2. The first-order chi connectivity index (χ1) is 18.3. The van der Waals surface area contributed by atoms with E-state index in [1.807, 2.05) is 30.3 Å². The zero-order chi connectivity index (χ0) is 24.6. The van der Waals surface area contributed by atoms with Gasteiger partial charge in [0.05, 0.1) is 11.2 Å². The van der Waals surface area contributed by atoms with Crippen LogP contribution in [0.3, 0.4) is 0 Å². The zero-order valence-electron chi connectivity index (χ0n) is 20.1. The fraction of sp³-hybridized carbons (Fsp3) is 0. The number of fused-ring (bicyclic) bond motifs is 3. The van der Waals surface area contributed by atoms with Gasteiger partial charge >= 0.3 is 0 Å². The molecular weight excluding hydrogens is 450 g/mol. The fourth-order valence-electron chi connectivity index (χ4n) is 4.96. The van der Waals surface area contributed by atoms with Crippen LogP contribution < -0.4 is 0 Å². The molecule has 0 aliphatic rings.